The normalized spacial score (nSPS) is 26.2. The molecule has 7 heteroatoms. The molecule has 0 saturated heterocycles. The largest absolute Gasteiger partial charge is 0.527 e. The van der Waals surface area contributed by atoms with Crippen molar-refractivity contribution in [3.63, 3.8) is 0 Å². The molecule has 1 fully saturated rings. The van der Waals surface area contributed by atoms with E-state index in [9.17, 15) is 9.46 Å². The molecule has 1 saturated carbocycles. The molecule has 3 atom stereocenters. The third-order valence-corrected chi connectivity index (χ3v) is 9.88. The minimum absolute atomic E-state index is 0.0832. The van der Waals surface area contributed by atoms with E-state index >= 15 is 0 Å². The van der Waals surface area contributed by atoms with Crippen LogP contribution in [-0.4, -0.2) is 11.0 Å². The van der Waals surface area contributed by atoms with Crippen LogP contribution in [0.3, 0.4) is 0 Å². The van der Waals surface area contributed by atoms with Gasteiger partial charge in [-0.1, -0.05) is 96.1 Å². The van der Waals surface area contributed by atoms with Crippen LogP contribution < -0.4 is 0 Å². The lowest BCUT2D eigenvalue weighted by molar-refractivity contribution is -0.0764. The summed E-state index contributed by atoms with van der Waals surface area (Å²) in [6.07, 6.45) is 3.26. The highest BCUT2D eigenvalue weighted by atomic mass is 35.5. The molecule has 0 aromatic heterocycles. The maximum Gasteiger partial charge on any atom is 0.527 e. The third-order valence-electron chi connectivity index (χ3n) is 7.46. The van der Waals surface area contributed by atoms with Crippen LogP contribution in [-0.2, 0) is 13.6 Å². The minimum Gasteiger partial charge on any atom is -0.403 e. The topological polar surface area (TPSA) is 55.8 Å². The van der Waals surface area contributed by atoms with Gasteiger partial charge in [0.1, 0.15) is 5.76 Å². The molecule has 0 bridgehead atoms. The Morgan fingerprint density at radius 1 is 0.944 bits per heavy atom. The van der Waals surface area contributed by atoms with Gasteiger partial charge < -0.3 is 4.52 Å². The second-order valence-corrected chi connectivity index (χ2v) is 15.2. The van der Waals surface area contributed by atoms with E-state index in [0.717, 1.165) is 33.8 Å². The Balaban J connectivity index is 1.72. The van der Waals surface area contributed by atoms with E-state index < -0.39 is 13.9 Å². The zero-order chi connectivity index (χ0) is 26.5. The Morgan fingerprint density at radius 2 is 1.53 bits per heavy atom. The van der Waals surface area contributed by atoms with Crippen LogP contribution >= 0.6 is 31.2 Å². The molecule has 36 heavy (non-hydrogen) atoms. The monoisotopic (exact) mass is 548 g/mol. The van der Waals surface area contributed by atoms with Gasteiger partial charge >= 0.3 is 7.82 Å². The Kier molecular flexibility index (Phi) is 7.84. The summed E-state index contributed by atoms with van der Waals surface area (Å²) in [6, 6.07) is 13.4. The second-order valence-electron chi connectivity index (χ2n) is 12.4. The molecule has 1 aliphatic heterocycles. The molecule has 4 rings (SSSR count). The number of phosphoric ester groups is 1. The zero-order valence-corrected chi connectivity index (χ0v) is 24.7. The van der Waals surface area contributed by atoms with Gasteiger partial charge in [-0.05, 0) is 65.7 Å². The highest BCUT2D eigenvalue weighted by Crippen LogP contribution is 2.58. The molecule has 3 unspecified atom stereocenters. The zero-order valence-electron chi connectivity index (χ0n) is 22.2. The molecule has 1 N–H and O–H groups in total. The number of hydrogen-bond acceptors (Lipinski definition) is 4. The average Bonchev–Trinajstić information content (AvgIpc) is 2.90. The van der Waals surface area contributed by atoms with E-state index in [1.54, 1.807) is 17.8 Å². The summed E-state index contributed by atoms with van der Waals surface area (Å²) in [4.78, 5) is 13.1. The molecule has 1 aliphatic carbocycles. The van der Waals surface area contributed by atoms with Crippen LogP contribution in [0.2, 0.25) is 5.02 Å². The van der Waals surface area contributed by atoms with Gasteiger partial charge in [0, 0.05) is 25.9 Å². The van der Waals surface area contributed by atoms with Crippen molar-refractivity contribution < 1.29 is 18.5 Å². The summed E-state index contributed by atoms with van der Waals surface area (Å²) in [7, 11) is -4.49. The first kappa shape index (κ1) is 27.8. The number of benzene rings is 2. The van der Waals surface area contributed by atoms with E-state index in [1.165, 1.54) is 0 Å². The van der Waals surface area contributed by atoms with Crippen molar-refractivity contribution in [2.45, 2.75) is 77.2 Å². The Hall–Kier alpha value is -1.23. The van der Waals surface area contributed by atoms with Gasteiger partial charge in [0.15, 0.2) is 0 Å². The standard InChI is InChI=1S/C29H38ClO4PS/c1-18-15-21(28(2,3)4)27(22(16-18)29(5,6)7)34-35(31,32)33-24-17-20-23(30)12-10-14-26(20)36-25-13-9-8-11-19(24)25/h8-14,17-18,21-22,27H,15-16H2,1-7H3,(H,31,32). The summed E-state index contributed by atoms with van der Waals surface area (Å²) in [5, 5.41) is 0.560. The maximum atomic E-state index is 13.7. The lowest BCUT2D eigenvalue weighted by atomic mass is 9.59. The van der Waals surface area contributed by atoms with Gasteiger partial charge in [-0.15, -0.1) is 0 Å². The van der Waals surface area contributed by atoms with Crippen LogP contribution in [0.1, 0.15) is 72.4 Å². The Bertz CT molecular complexity index is 1170. The third kappa shape index (κ3) is 6.08. The van der Waals surface area contributed by atoms with Crippen molar-refractivity contribution in [2.75, 3.05) is 0 Å². The van der Waals surface area contributed by atoms with E-state index in [0.29, 0.717) is 16.7 Å². The minimum atomic E-state index is -4.49. The number of rotatable bonds is 4. The van der Waals surface area contributed by atoms with E-state index in [1.807, 2.05) is 42.5 Å². The van der Waals surface area contributed by atoms with Gasteiger partial charge in [-0.25, -0.2) is 4.57 Å². The maximum absolute atomic E-state index is 13.7. The first-order valence-corrected chi connectivity index (χ1v) is 15.3. The van der Waals surface area contributed by atoms with Gasteiger partial charge in [-0.3, -0.25) is 9.42 Å². The molecular formula is C29H38ClO4PS. The molecule has 4 nitrogen and oxygen atoms in total. The molecule has 2 aliphatic rings. The molecular weight excluding hydrogens is 511 g/mol. The fraction of sp³-hybridized carbons (Fsp3) is 0.517. The molecule has 196 valence electrons. The predicted molar refractivity (Wildman–Crippen MR) is 150 cm³/mol. The highest BCUT2D eigenvalue weighted by molar-refractivity contribution is 7.99. The summed E-state index contributed by atoms with van der Waals surface area (Å²) >= 11 is 8.09. The quantitative estimate of drug-likeness (QED) is 0.385. The summed E-state index contributed by atoms with van der Waals surface area (Å²) in [5.41, 5.74) is 1.34. The number of phosphoric acid groups is 1. The lowest BCUT2D eigenvalue weighted by Crippen LogP contribution is -2.48. The molecule has 0 spiro atoms. The predicted octanol–water partition coefficient (Wildman–Crippen LogP) is 9.56. The van der Waals surface area contributed by atoms with Crippen molar-refractivity contribution in [1.29, 1.82) is 0 Å². The SMILES string of the molecule is CC1CC(C(C)(C)C)C(OP(=O)(O)OC2=Cc3c(Cl)cccc3Sc3ccccc32)C(C(C)(C)C)C1. The first-order chi connectivity index (χ1) is 16.7. The number of halogens is 1. The molecule has 2 aromatic carbocycles. The highest BCUT2D eigenvalue weighted by Gasteiger charge is 2.49. The summed E-state index contributed by atoms with van der Waals surface area (Å²) < 4.78 is 25.8. The van der Waals surface area contributed by atoms with Crippen molar-refractivity contribution in [3.8, 4) is 0 Å². The van der Waals surface area contributed by atoms with Crippen molar-refractivity contribution in [2.24, 2.45) is 28.6 Å². The van der Waals surface area contributed by atoms with E-state index in [4.69, 9.17) is 20.6 Å². The average molecular weight is 549 g/mol. The van der Waals surface area contributed by atoms with Crippen LogP contribution in [0.5, 0.6) is 0 Å². The van der Waals surface area contributed by atoms with Crippen molar-refractivity contribution in [3.05, 3.63) is 58.6 Å². The van der Waals surface area contributed by atoms with Gasteiger partial charge in [-0.2, -0.15) is 0 Å². The van der Waals surface area contributed by atoms with Gasteiger partial charge in [0.2, 0.25) is 0 Å². The van der Waals surface area contributed by atoms with Crippen molar-refractivity contribution in [1.82, 2.24) is 0 Å². The fourth-order valence-corrected chi connectivity index (χ4v) is 7.98. The molecule has 0 radical (unpaired) electrons. The van der Waals surface area contributed by atoms with E-state index in [2.05, 4.69) is 48.5 Å². The Labute approximate surface area is 225 Å². The molecule has 1 heterocycles. The molecule has 2 aromatic rings. The van der Waals surface area contributed by atoms with Crippen LogP contribution in [0.25, 0.3) is 11.8 Å². The number of hydrogen-bond donors (Lipinski definition) is 1. The van der Waals surface area contributed by atoms with Crippen LogP contribution in [0, 0.1) is 28.6 Å². The molecule has 0 amide bonds. The van der Waals surface area contributed by atoms with Crippen LogP contribution in [0.15, 0.2) is 52.3 Å². The first-order valence-electron chi connectivity index (χ1n) is 12.6. The summed E-state index contributed by atoms with van der Waals surface area (Å²) in [5.74, 6) is 1.05. The van der Waals surface area contributed by atoms with E-state index in [-0.39, 0.29) is 22.7 Å². The second kappa shape index (κ2) is 10.2. The summed E-state index contributed by atoms with van der Waals surface area (Å²) in [6.45, 7) is 15.4. The van der Waals surface area contributed by atoms with Gasteiger partial charge in [0.05, 0.1) is 6.10 Å². The lowest BCUT2D eigenvalue weighted by Gasteiger charge is -2.50. The van der Waals surface area contributed by atoms with Crippen molar-refractivity contribution >= 4 is 43.0 Å². The fourth-order valence-electron chi connectivity index (χ4n) is 5.56. The van der Waals surface area contributed by atoms with Crippen LogP contribution in [0.4, 0.5) is 0 Å². The smallest absolute Gasteiger partial charge is 0.403 e. The Morgan fingerprint density at radius 3 is 2.14 bits per heavy atom. The van der Waals surface area contributed by atoms with Gasteiger partial charge in [0.25, 0.3) is 0 Å². The number of fused-ring (bicyclic) bond motifs is 2.